The van der Waals surface area contributed by atoms with E-state index >= 15 is 0 Å². The number of hydrogen-bond donors (Lipinski definition) is 1. The monoisotopic (exact) mass is 444 g/mol. The second-order valence-corrected chi connectivity index (χ2v) is 8.71. The third-order valence-electron chi connectivity index (χ3n) is 4.37. The molecule has 0 atom stereocenters. The second-order valence-electron chi connectivity index (χ2n) is 6.34. The van der Waals surface area contributed by atoms with Gasteiger partial charge in [0.05, 0.1) is 27.7 Å². The van der Waals surface area contributed by atoms with E-state index in [1.165, 1.54) is 19.2 Å². The van der Waals surface area contributed by atoms with Gasteiger partial charge in [0.2, 0.25) is 0 Å². The number of nitrogens with one attached hydrogen (secondary N) is 1. The zero-order chi connectivity index (χ0) is 21.6. The van der Waals surface area contributed by atoms with Gasteiger partial charge in [0.25, 0.3) is 15.9 Å². The Hall–Kier alpha value is -3.03. The summed E-state index contributed by atoms with van der Waals surface area (Å²) in [5.41, 5.74) is 0.531. The number of sulfonamides is 1. The fraction of sp³-hybridized carbons (Fsp3) is 0.136. The van der Waals surface area contributed by atoms with Crippen molar-refractivity contribution in [2.24, 2.45) is 0 Å². The van der Waals surface area contributed by atoms with E-state index in [1.54, 1.807) is 66.7 Å². The molecule has 0 spiro atoms. The summed E-state index contributed by atoms with van der Waals surface area (Å²) in [6, 6.07) is 21.7. The normalized spacial score (nSPS) is 11.0. The number of carbonyl (C=O) groups excluding carboxylic acids is 1. The van der Waals surface area contributed by atoms with Crippen molar-refractivity contribution in [3.63, 3.8) is 0 Å². The van der Waals surface area contributed by atoms with E-state index in [9.17, 15) is 13.2 Å². The van der Waals surface area contributed by atoms with Crippen LogP contribution in [0.3, 0.4) is 0 Å². The first-order valence-corrected chi connectivity index (χ1v) is 11.0. The molecule has 0 saturated heterocycles. The van der Waals surface area contributed by atoms with Crippen LogP contribution in [0.1, 0.15) is 10.4 Å². The molecular weight excluding hydrogens is 424 g/mol. The molecule has 8 heteroatoms. The Bertz CT molecular complexity index is 1120. The molecule has 0 unspecified atom stereocenters. The number of halogens is 1. The molecular formula is C22H21ClN2O4S. The van der Waals surface area contributed by atoms with Gasteiger partial charge in [0.1, 0.15) is 12.4 Å². The number of hydrogen-bond acceptors (Lipinski definition) is 4. The minimum Gasteiger partial charge on any atom is -0.490 e. The summed E-state index contributed by atoms with van der Waals surface area (Å²) in [5, 5.41) is 3.23. The molecule has 156 valence electrons. The van der Waals surface area contributed by atoms with Gasteiger partial charge < -0.3 is 10.1 Å². The van der Waals surface area contributed by atoms with E-state index in [-0.39, 0.29) is 29.3 Å². The lowest BCUT2D eigenvalue weighted by Crippen LogP contribution is -2.32. The average Bonchev–Trinajstić information content (AvgIpc) is 2.77. The van der Waals surface area contributed by atoms with Crippen LogP contribution in [0.2, 0.25) is 5.02 Å². The SMILES string of the molecule is CN(c1ccccc1C(=O)NCCOc1ccccc1Cl)S(=O)(=O)c1ccccc1. The van der Waals surface area contributed by atoms with Crippen molar-refractivity contribution >= 4 is 33.2 Å². The Labute approximate surface area is 181 Å². The van der Waals surface area contributed by atoms with Crippen molar-refractivity contribution in [3.8, 4) is 5.75 Å². The number of para-hydroxylation sites is 2. The van der Waals surface area contributed by atoms with E-state index in [0.29, 0.717) is 10.8 Å². The van der Waals surface area contributed by atoms with Crippen LogP contribution in [0.25, 0.3) is 0 Å². The summed E-state index contributed by atoms with van der Waals surface area (Å²) < 4.78 is 32.5. The zero-order valence-electron chi connectivity index (χ0n) is 16.3. The molecule has 0 aromatic heterocycles. The van der Waals surface area contributed by atoms with Crippen LogP contribution in [0.4, 0.5) is 5.69 Å². The molecule has 30 heavy (non-hydrogen) atoms. The molecule has 0 saturated carbocycles. The van der Waals surface area contributed by atoms with Gasteiger partial charge in [0.15, 0.2) is 0 Å². The number of rotatable bonds is 8. The lowest BCUT2D eigenvalue weighted by atomic mass is 10.1. The fourth-order valence-electron chi connectivity index (χ4n) is 2.80. The highest BCUT2D eigenvalue weighted by molar-refractivity contribution is 7.92. The first-order valence-electron chi connectivity index (χ1n) is 9.20. The molecule has 0 aliphatic rings. The Balaban J connectivity index is 1.70. The zero-order valence-corrected chi connectivity index (χ0v) is 17.9. The van der Waals surface area contributed by atoms with Crippen LogP contribution in [-0.4, -0.2) is 34.5 Å². The lowest BCUT2D eigenvalue weighted by Gasteiger charge is -2.22. The van der Waals surface area contributed by atoms with Crippen LogP contribution in [0, 0.1) is 0 Å². The molecule has 3 aromatic carbocycles. The van der Waals surface area contributed by atoms with E-state index < -0.39 is 15.9 Å². The topological polar surface area (TPSA) is 75.7 Å². The van der Waals surface area contributed by atoms with E-state index in [0.717, 1.165) is 4.31 Å². The van der Waals surface area contributed by atoms with Gasteiger partial charge in [-0.2, -0.15) is 0 Å². The molecule has 3 rings (SSSR count). The van der Waals surface area contributed by atoms with Gasteiger partial charge in [-0.05, 0) is 36.4 Å². The van der Waals surface area contributed by atoms with Gasteiger partial charge >= 0.3 is 0 Å². The molecule has 1 N–H and O–H groups in total. The number of ether oxygens (including phenoxy) is 1. The Morgan fingerprint density at radius 3 is 2.33 bits per heavy atom. The molecule has 6 nitrogen and oxygen atoms in total. The smallest absolute Gasteiger partial charge is 0.264 e. The first kappa shape index (κ1) is 21.7. The lowest BCUT2D eigenvalue weighted by molar-refractivity contribution is 0.0947. The maximum absolute atomic E-state index is 12.9. The van der Waals surface area contributed by atoms with Crippen molar-refractivity contribution in [1.82, 2.24) is 5.32 Å². The molecule has 0 aliphatic carbocycles. The summed E-state index contributed by atoms with van der Waals surface area (Å²) >= 11 is 6.04. The molecule has 0 bridgehead atoms. The molecule has 0 fully saturated rings. The van der Waals surface area contributed by atoms with E-state index in [1.807, 2.05) is 0 Å². The van der Waals surface area contributed by atoms with Gasteiger partial charge in [-0.25, -0.2) is 8.42 Å². The van der Waals surface area contributed by atoms with Gasteiger partial charge in [-0.15, -0.1) is 0 Å². The third-order valence-corrected chi connectivity index (χ3v) is 6.47. The van der Waals surface area contributed by atoms with Gasteiger partial charge in [-0.1, -0.05) is 54.1 Å². The number of nitrogens with zero attached hydrogens (tertiary/aromatic N) is 1. The Morgan fingerprint density at radius 2 is 1.60 bits per heavy atom. The number of anilines is 1. The van der Waals surface area contributed by atoms with Crippen molar-refractivity contribution < 1.29 is 17.9 Å². The molecule has 0 heterocycles. The largest absolute Gasteiger partial charge is 0.490 e. The fourth-order valence-corrected chi connectivity index (χ4v) is 4.23. The van der Waals surface area contributed by atoms with E-state index in [4.69, 9.17) is 16.3 Å². The standard InChI is InChI=1S/C22H21ClN2O4S/c1-25(30(27,28)17-9-3-2-4-10-17)20-13-7-5-11-18(20)22(26)24-15-16-29-21-14-8-6-12-19(21)23/h2-14H,15-16H2,1H3,(H,24,26). The maximum atomic E-state index is 12.9. The minimum atomic E-state index is -3.80. The second kappa shape index (κ2) is 9.65. The predicted octanol–water partition coefficient (Wildman–Crippen LogP) is 3.97. The molecule has 1 amide bonds. The Morgan fingerprint density at radius 1 is 0.967 bits per heavy atom. The highest BCUT2D eigenvalue weighted by Gasteiger charge is 2.24. The van der Waals surface area contributed by atoms with Crippen molar-refractivity contribution in [3.05, 3.63) is 89.4 Å². The van der Waals surface area contributed by atoms with Gasteiger partial charge in [0, 0.05) is 7.05 Å². The van der Waals surface area contributed by atoms with Crippen LogP contribution < -0.4 is 14.4 Å². The molecule has 0 radical (unpaired) electrons. The maximum Gasteiger partial charge on any atom is 0.264 e. The summed E-state index contributed by atoms with van der Waals surface area (Å²) in [4.78, 5) is 12.8. The quantitative estimate of drug-likeness (QED) is 0.533. The van der Waals surface area contributed by atoms with Crippen LogP contribution in [-0.2, 0) is 10.0 Å². The van der Waals surface area contributed by atoms with Crippen LogP contribution in [0.5, 0.6) is 5.75 Å². The summed E-state index contributed by atoms with van der Waals surface area (Å²) in [6.07, 6.45) is 0. The summed E-state index contributed by atoms with van der Waals surface area (Å²) in [7, 11) is -2.37. The number of benzene rings is 3. The van der Waals surface area contributed by atoms with Crippen LogP contribution in [0.15, 0.2) is 83.8 Å². The summed E-state index contributed by atoms with van der Waals surface area (Å²) in [5.74, 6) is 0.131. The van der Waals surface area contributed by atoms with Crippen molar-refractivity contribution in [2.45, 2.75) is 4.90 Å². The highest BCUT2D eigenvalue weighted by atomic mass is 35.5. The Kier molecular flexibility index (Phi) is 6.97. The minimum absolute atomic E-state index is 0.149. The number of carbonyl (C=O) groups is 1. The van der Waals surface area contributed by atoms with E-state index in [2.05, 4.69) is 5.32 Å². The van der Waals surface area contributed by atoms with Crippen LogP contribution >= 0.6 is 11.6 Å². The average molecular weight is 445 g/mol. The van der Waals surface area contributed by atoms with Crippen molar-refractivity contribution in [1.29, 1.82) is 0 Å². The first-order chi connectivity index (χ1) is 14.4. The van der Waals surface area contributed by atoms with Gasteiger partial charge in [-0.3, -0.25) is 9.10 Å². The van der Waals surface area contributed by atoms with Crippen molar-refractivity contribution in [2.75, 3.05) is 24.5 Å². The highest BCUT2D eigenvalue weighted by Crippen LogP contribution is 2.26. The number of amides is 1. The molecule has 3 aromatic rings. The predicted molar refractivity (Wildman–Crippen MR) is 118 cm³/mol. The summed E-state index contributed by atoms with van der Waals surface area (Å²) in [6.45, 7) is 0.448. The third kappa shape index (κ3) is 4.93. The molecule has 0 aliphatic heterocycles.